The van der Waals surface area contributed by atoms with E-state index in [2.05, 4.69) is 27.3 Å². The number of nitrogens with one attached hydrogen (secondary N) is 1. The van der Waals surface area contributed by atoms with Crippen LogP contribution in [0.25, 0.3) is 0 Å². The van der Waals surface area contributed by atoms with E-state index in [4.69, 9.17) is 33.2 Å². The summed E-state index contributed by atoms with van der Waals surface area (Å²) in [6.07, 6.45) is 1.98. The molecule has 0 aliphatic carbocycles. The number of hydrogen-bond acceptors (Lipinski definition) is 15. The van der Waals surface area contributed by atoms with Crippen LogP contribution in [0.4, 0.5) is 0 Å². The highest BCUT2D eigenvalue weighted by Gasteiger charge is 2.62. The number of aryl methyl sites for hydroxylation is 1. The molecule has 2 fully saturated rings. The summed E-state index contributed by atoms with van der Waals surface area (Å²) in [6, 6.07) is 5.91. The van der Waals surface area contributed by atoms with Gasteiger partial charge in [-0.2, -0.15) is 5.26 Å². The first kappa shape index (κ1) is 38.6. The number of esters is 2. The number of thioether (sulfide) groups is 1. The van der Waals surface area contributed by atoms with Crippen molar-refractivity contribution in [3.63, 3.8) is 0 Å². The minimum absolute atomic E-state index is 0.0500. The van der Waals surface area contributed by atoms with Gasteiger partial charge in [0.15, 0.2) is 40.0 Å². The van der Waals surface area contributed by atoms with Crippen LogP contribution in [0.2, 0.25) is 0 Å². The largest absolute Gasteiger partial charge is 0.504 e. The number of phenols is 1. The topological polar surface area (TPSA) is 161 Å². The van der Waals surface area contributed by atoms with E-state index in [9.17, 15) is 20.0 Å². The maximum Gasteiger partial charge on any atom is 0.331 e. The van der Waals surface area contributed by atoms with E-state index in [1.54, 1.807) is 14.2 Å². The molecule has 3 aromatic rings. The van der Waals surface area contributed by atoms with E-state index < -0.39 is 46.9 Å². The zero-order valence-corrected chi connectivity index (χ0v) is 34.5. The Morgan fingerprint density at radius 2 is 1.86 bits per heavy atom. The average molecular weight is 813 g/mol. The number of hydrogen-bond donors (Lipinski definition) is 2. The Hall–Kier alpha value is -4.88. The molecule has 15 heteroatoms. The molecule has 7 atom stereocenters. The lowest BCUT2D eigenvalue weighted by Crippen LogP contribution is -2.69. The van der Waals surface area contributed by atoms with Crippen LogP contribution >= 0.6 is 11.8 Å². The van der Waals surface area contributed by atoms with Crippen LogP contribution in [0.1, 0.15) is 82.1 Å². The normalized spacial score (nSPS) is 28.0. The molecule has 0 aromatic heterocycles. The van der Waals surface area contributed by atoms with Gasteiger partial charge in [0.25, 0.3) is 0 Å². The van der Waals surface area contributed by atoms with Gasteiger partial charge in [-0.05, 0) is 74.5 Å². The van der Waals surface area contributed by atoms with Crippen molar-refractivity contribution in [2.24, 2.45) is 0 Å². The van der Waals surface area contributed by atoms with Crippen LogP contribution in [0.3, 0.4) is 0 Å². The summed E-state index contributed by atoms with van der Waals surface area (Å²) in [5.41, 5.74) is 4.84. The molecule has 306 valence electrons. The molecule has 7 heterocycles. The number of likely N-dealkylation sites (N-methyl/N-ethyl adjacent to an activating group) is 1. The fourth-order valence-electron chi connectivity index (χ4n) is 10.5. The summed E-state index contributed by atoms with van der Waals surface area (Å²) in [6.45, 7) is 7.99. The van der Waals surface area contributed by atoms with Crippen LogP contribution in [-0.2, 0) is 32.7 Å². The van der Waals surface area contributed by atoms with E-state index in [0.717, 1.165) is 34.2 Å². The van der Waals surface area contributed by atoms with E-state index >= 15 is 0 Å². The van der Waals surface area contributed by atoms with Gasteiger partial charge in [0.2, 0.25) is 6.79 Å². The molecule has 58 heavy (non-hydrogen) atoms. The lowest BCUT2D eigenvalue weighted by molar-refractivity contribution is -0.157. The molecule has 0 saturated carbocycles. The van der Waals surface area contributed by atoms with Crippen LogP contribution in [-0.4, -0.2) is 98.5 Å². The van der Waals surface area contributed by atoms with Crippen molar-refractivity contribution in [1.82, 2.24) is 15.1 Å². The van der Waals surface area contributed by atoms with Crippen LogP contribution in [0.5, 0.6) is 40.2 Å². The fraction of sp³-hybridized carbons (Fsp3) is 0.512. The van der Waals surface area contributed by atoms with Crippen molar-refractivity contribution < 1.29 is 47.9 Å². The molecule has 3 aromatic carbocycles. The Morgan fingerprint density at radius 1 is 1.07 bits per heavy atom. The predicted molar refractivity (Wildman–Crippen MR) is 212 cm³/mol. The van der Waals surface area contributed by atoms with Gasteiger partial charge in [-0.15, -0.1) is 11.8 Å². The number of carbonyl (C=O) groups is 2. The second-order valence-electron chi connectivity index (χ2n) is 15.9. The third-order valence-corrected chi connectivity index (χ3v) is 14.4. The zero-order valence-electron chi connectivity index (χ0n) is 33.7. The van der Waals surface area contributed by atoms with E-state index in [1.807, 2.05) is 40.0 Å². The van der Waals surface area contributed by atoms with Crippen molar-refractivity contribution >= 4 is 23.7 Å². The number of carbonyl (C=O) groups excluding carboxylic acids is 2. The highest BCUT2D eigenvalue weighted by atomic mass is 32.2. The summed E-state index contributed by atoms with van der Waals surface area (Å²) >= 11 is 1.52. The number of benzene rings is 3. The Bertz CT molecular complexity index is 2280. The summed E-state index contributed by atoms with van der Waals surface area (Å²) < 4.78 is 42.7. The van der Waals surface area contributed by atoms with Gasteiger partial charge in [0, 0.05) is 53.6 Å². The van der Waals surface area contributed by atoms with Crippen LogP contribution in [0.15, 0.2) is 18.2 Å². The number of ether oxygens (including phenoxy) is 7. The second-order valence-corrected chi connectivity index (χ2v) is 17.0. The number of nitrogens with zero attached hydrogens (tertiary/aromatic N) is 3. The molecular weight excluding hydrogens is 765 g/mol. The lowest BCUT2D eigenvalue weighted by Gasteiger charge is -2.62. The Morgan fingerprint density at radius 3 is 2.59 bits per heavy atom. The summed E-state index contributed by atoms with van der Waals surface area (Å²) in [5, 5.41) is 26.3. The smallest absolute Gasteiger partial charge is 0.331 e. The minimum Gasteiger partial charge on any atom is -0.504 e. The molecule has 1 spiro atoms. The van der Waals surface area contributed by atoms with Gasteiger partial charge in [0.05, 0.1) is 44.2 Å². The Kier molecular flexibility index (Phi) is 9.62. The minimum atomic E-state index is -1.31. The number of nitriles is 1. The SMILES string of the molecule is CCCOc1cc2c(cc1OC)[C@@]1(CS[C@@H]3c4c(OC(C)=O)c(C)c5c(c4[C@H](COC1=O)N1C3[C@H]3c4c(cc(C)c(OC)c4O)C[C@@H]([C@@H]1C#N)N3C)OCO5)NCC2. The summed E-state index contributed by atoms with van der Waals surface area (Å²) in [7, 11) is 5.14. The molecule has 7 aliphatic rings. The third-order valence-electron chi connectivity index (χ3n) is 12.9. The summed E-state index contributed by atoms with van der Waals surface area (Å²) in [4.78, 5) is 32.3. The Labute approximate surface area is 341 Å². The maximum absolute atomic E-state index is 15.0. The van der Waals surface area contributed by atoms with Crippen molar-refractivity contribution in [1.29, 1.82) is 5.26 Å². The maximum atomic E-state index is 15.0. The second kappa shape index (κ2) is 14.4. The molecular formula is C43H48N4O10S. The van der Waals surface area contributed by atoms with Gasteiger partial charge in [-0.3, -0.25) is 19.9 Å². The molecule has 14 nitrogen and oxygen atoms in total. The number of phenolic OH excluding ortho intramolecular Hbond substituents is 1. The molecule has 7 aliphatic heterocycles. The van der Waals surface area contributed by atoms with E-state index in [0.29, 0.717) is 77.2 Å². The van der Waals surface area contributed by atoms with E-state index in [1.165, 1.54) is 18.7 Å². The quantitative estimate of drug-likeness (QED) is 0.251. The molecule has 10 rings (SSSR count). The molecule has 0 amide bonds. The predicted octanol–water partition coefficient (Wildman–Crippen LogP) is 5.07. The number of piperazine rings is 1. The van der Waals surface area contributed by atoms with Crippen molar-refractivity contribution in [2.45, 2.75) is 88.0 Å². The first-order valence-electron chi connectivity index (χ1n) is 19.8. The first-order valence-corrected chi connectivity index (χ1v) is 20.8. The van der Waals surface area contributed by atoms with Gasteiger partial charge < -0.3 is 38.3 Å². The number of rotatable bonds is 6. The lowest BCUT2D eigenvalue weighted by atomic mass is 9.71. The highest BCUT2D eigenvalue weighted by molar-refractivity contribution is 7.99. The zero-order chi connectivity index (χ0) is 40.8. The molecule has 2 N–H and O–H groups in total. The van der Waals surface area contributed by atoms with Gasteiger partial charge in [-0.1, -0.05) is 13.0 Å². The van der Waals surface area contributed by atoms with Crippen LogP contribution in [0, 0.1) is 25.2 Å². The molecule has 2 saturated heterocycles. The van der Waals surface area contributed by atoms with Crippen molar-refractivity contribution in [3.05, 3.63) is 62.7 Å². The highest BCUT2D eigenvalue weighted by Crippen LogP contribution is 2.64. The third kappa shape index (κ3) is 5.48. The average Bonchev–Trinajstić information content (AvgIpc) is 3.70. The van der Waals surface area contributed by atoms with E-state index in [-0.39, 0.29) is 30.9 Å². The van der Waals surface area contributed by atoms with Crippen molar-refractivity contribution in [3.8, 4) is 46.3 Å². The summed E-state index contributed by atoms with van der Waals surface area (Å²) in [5.74, 6) is 2.09. The number of aromatic hydroxyl groups is 1. The van der Waals surface area contributed by atoms with Crippen molar-refractivity contribution in [2.75, 3.05) is 53.6 Å². The van der Waals surface area contributed by atoms with Gasteiger partial charge in [-0.25, -0.2) is 4.79 Å². The van der Waals surface area contributed by atoms with Gasteiger partial charge >= 0.3 is 11.9 Å². The van der Waals surface area contributed by atoms with Gasteiger partial charge in [0.1, 0.15) is 18.4 Å². The molecule has 4 bridgehead atoms. The van der Waals surface area contributed by atoms with Crippen LogP contribution < -0.4 is 33.7 Å². The first-order chi connectivity index (χ1) is 28.0. The number of fused-ring (bicyclic) bond motifs is 9. The monoisotopic (exact) mass is 812 g/mol. The molecule has 0 radical (unpaired) electrons. The fourth-order valence-corrected chi connectivity index (χ4v) is 12.2. The number of methoxy groups -OCH3 is 2. The Balaban J connectivity index is 1.31. The standard InChI is InChI=1S/C43H48N4O10S/c1-8-11-53-30-14-23-9-10-45-43(25(23)15-29(30)51-6)18-58-41-33-32(40-39(55-19-56-40)21(3)38(33)57-22(4)48)28(17-54-42(43)50)47-27(16-44)26-13-24-12-20(2)37(52-7)36(49)31(24)34(35(41)47)46(26)5/h12,14-15,26-28,34-35,41,45,49H,8-11,13,17-19H2,1-7H3/t26-,27-,28-,34+,35?,41+,43+/m0/s1. The molecule has 1 unspecified atom stereocenters.